The molecule has 108 valence electrons. The lowest BCUT2D eigenvalue weighted by molar-refractivity contribution is 0.0528. The average Bonchev–Trinajstić information content (AvgIpc) is 2.68. The highest BCUT2D eigenvalue weighted by Crippen LogP contribution is 2.21. The van der Waals surface area contributed by atoms with Crippen molar-refractivity contribution in [3.8, 4) is 0 Å². The summed E-state index contributed by atoms with van der Waals surface area (Å²) in [6, 6.07) is 4.56. The van der Waals surface area contributed by atoms with Crippen molar-refractivity contribution in [1.82, 2.24) is 10.6 Å². The summed E-state index contributed by atoms with van der Waals surface area (Å²) in [6.45, 7) is 11.1. The summed E-state index contributed by atoms with van der Waals surface area (Å²) in [5.74, 6) is 0. The first-order valence-corrected chi connectivity index (χ1v) is 7.36. The maximum Gasteiger partial charge on any atom is 0.407 e. The fourth-order valence-electron chi connectivity index (χ4n) is 1.55. The number of thiophene rings is 1. The Morgan fingerprint density at radius 2 is 2.05 bits per heavy atom. The van der Waals surface area contributed by atoms with Crippen molar-refractivity contribution in [1.29, 1.82) is 0 Å². The van der Waals surface area contributed by atoms with Crippen LogP contribution in [0.4, 0.5) is 4.79 Å². The standard InChI is InChI=1S/C14H24N2O2S/c1-10-6-7-12(19-10)11(2)15-8-9-16-13(17)18-14(3,4)5/h6-7,11,15H,8-9H2,1-5H3,(H,16,17). The van der Waals surface area contributed by atoms with Gasteiger partial charge in [-0.1, -0.05) is 0 Å². The van der Waals surface area contributed by atoms with E-state index in [2.05, 4.69) is 36.6 Å². The Labute approximate surface area is 119 Å². The molecule has 5 heteroatoms. The van der Waals surface area contributed by atoms with Gasteiger partial charge in [0, 0.05) is 28.9 Å². The van der Waals surface area contributed by atoms with E-state index in [-0.39, 0.29) is 6.09 Å². The summed E-state index contributed by atoms with van der Waals surface area (Å²) >= 11 is 1.79. The van der Waals surface area contributed by atoms with Gasteiger partial charge in [0.05, 0.1) is 0 Å². The van der Waals surface area contributed by atoms with Crippen LogP contribution in [0.5, 0.6) is 0 Å². The molecule has 0 saturated heterocycles. The second kappa shape index (κ2) is 6.91. The first kappa shape index (κ1) is 16.0. The number of aryl methyl sites for hydroxylation is 1. The van der Waals surface area contributed by atoms with Crippen LogP contribution < -0.4 is 10.6 Å². The van der Waals surface area contributed by atoms with E-state index in [1.54, 1.807) is 11.3 Å². The van der Waals surface area contributed by atoms with E-state index in [0.29, 0.717) is 12.6 Å². The number of carbonyl (C=O) groups is 1. The first-order valence-electron chi connectivity index (χ1n) is 6.54. The number of amides is 1. The predicted molar refractivity (Wildman–Crippen MR) is 79.7 cm³/mol. The second-order valence-electron chi connectivity index (χ2n) is 5.55. The monoisotopic (exact) mass is 284 g/mol. The van der Waals surface area contributed by atoms with Crippen molar-refractivity contribution in [2.45, 2.75) is 46.3 Å². The Bertz CT molecular complexity index is 410. The largest absolute Gasteiger partial charge is 0.444 e. The fourth-order valence-corrected chi connectivity index (χ4v) is 2.46. The second-order valence-corrected chi connectivity index (χ2v) is 6.87. The van der Waals surface area contributed by atoms with Crippen LogP contribution in [0.2, 0.25) is 0 Å². The molecule has 1 amide bonds. The van der Waals surface area contributed by atoms with Gasteiger partial charge in [-0.05, 0) is 46.8 Å². The predicted octanol–water partition coefficient (Wildman–Crippen LogP) is 3.23. The maximum absolute atomic E-state index is 11.4. The minimum absolute atomic E-state index is 0.305. The molecule has 0 spiro atoms. The number of rotatable bonds is 5. The van der Waals surface area contributed by atoms with Gasteiger partial charge in [0.2, 0.25) is 0 Å². The third-order valence-electron chi connectivity index (χ3n) is 2.43. The molecule has 0 saturated carbocycles. The summed E-state index contributed by atoms with van der Waals surface area (Å²) in [7, 11) is 0. The topological polar surface area (TPSA) is 50.4 Å². The first-order chi connectivity index (χ1) is 8.78. The van der Waals surface area contributed by atoms with Gasteiger partial charge in [-0.25, -0.2) is 4.79 Å². The lowest BCUT2D eigenvalue weighted by Crippen LogP contribution is -2.36. The van der Waals surface area contributed by atoms with Gasteiger partial charge in [-0.2, -0.15) is 0 Å². The molecule has 0 aliphatic rings. The number of alkyl carbamates (subject to hydrolysis) is 1. The molecule has 0 bridgehead atoms. The third kappa shape index (κ3) is 6.59. The minimum atomic E-state index is -0.445. The molecule has 2 N–H and O–H groups in total. The van der Waals surface area contributed by atoms with Gasteiger partial charge in [-0.3, -0.25) is 0 Å². The number of nitrogens with one attached hydrogen (secondary N) is 2. The van der Waals surface area contributed by atoms with Crippen LogP contribution in [0.3, 0.4) is 0 Å². The average molecular weight is 284 g/mol. The van der Waals surface area contributed by atoms with E-state index < -0.39 is 5.60 Å². The van der Waals surface area contributed by atoms with E-state index in [9.17, 15) is 4.79 Å². The molecule has 1 unspecified atom stereocenters. The van der Waals surface area contributed by atoms with Gasteiger partial charge in [0.1, 0.15) is 5.60 Å². The molecule has 0 aliphatic heterocycles. The highest BCUT2D eigenvalue weighted by Gasteiger charge is 2.15. The molecule has 0 aromatic carbocycles. The molecule has 19 heavy (non-hydrogen) atoms. The van der Waals surface area contributed by atoms with E-state index >= 15 is 0 Å². The molecule has 4 nitrogen and oxygen atoms in total. The number of ether oxygens (including phenoxy) is 1. The molecule has 1 heterocycles. The zero-order valence-electron chi connectivity index (χ0n) is 12.4. The van der Waals surface area contributed by atoms with Crippen molar-refractivity contribution in [2.24, 2.45) is 0 Å². The third-order valence-corrected chi connectivity index (χ3v) is 3.62. The Morgan fingerprint density at radius 1 is 1.37 bits per heavy atom. The smallest absolute Gasteiger partial charge is 0.407 e. The summed E-state index contributed by atoms with van der Waals surface area (Å²) in [6.07, 6.45) is -0.367. The molecular formula is C14H24N2O2S. The number of carbonyl (C=O) groups excluding carboxylic acids is 1. The van der Waals surface area contributed by atoms with Crippen LogP contribution in [-0.4, -0.2) is 24.8 Å². The van der Waals surface area contributed by atoms with E-state index in [0.717, 1.165) is 6.54 Å². The van der Waals surface area contributed by atoms with Gasteiger partial charge < -0.3 is 15.4 Å². The van der Waals surface area contributed by atoms with Crippen molar-refractivity contribution in [2.75, 3.05) is 13.1 Å². The number of hydrogen-bond donors (Lipinski definition) is 2. The summed E-state index contributed by atoms with van der Waals surface area (Å²) in [5, 5.41) is 6.10. The molecule has 1 aromatic heterocycles. The lowest BCUT2D eigenvalue weighted by atomic mass is 10.2. The maximum atomic E-state index is 11.4. The Hall–Kier alpha value is -1.07. The molecule has 0 fully saturated rings. The van der Waals surface area contributed by atoms with E-state index in [1.165, 1.54) is 9.75 Å². The van der Waals surface area contributed by atoms with Gasteiger partial charge in [0.15, 0.2) is 0 Å². The Balaban J connectivity index is 2.19. The molecule has 1 aromatic rings. The van der Waals surface area contributed by atoms with E-state index in [4.69, 9.17) is 4.74 Å². The zero-order chi connectivity index (χ0) is 14.5. The van der Waals surface area contributed by atoms with Gasteiger partial charge in [-0.15, -0.1) is 11.3 Å². The minimum Gasteiger partial charge on any atom is -0.444 e. The zero-order valence-corrected chi connectivity index (χ0v) is 13.2. The van der Waals surface area contributed by atoms with Crippen molar-refractivity contribution >= 4 is 17.4 Å². The van der Waals surface area contributed by atoms with Crippen LogP contribution in [0, 0.1) is 6.92 Å². The van der Waals surface area contributed by atoms with Crippen LogP contribution in [0.1, 0.15) is 43.5 Å². The molecule has 0 radical (unpaired) electrons. The van der Waals surface area contributed by atoms with Gasteiger partial charge in [0.25, 0.3) is 0 Å². The fraction of sp³-hybridized carbons (Fsp3) is 0.643. The molecule has 1 rings (SSSR count). The SMILES string of the molecule is Cc1ccc(C(C)NCCNC(=O)OC(C)(C)C)s1. The van der Waals surface area contributed by atoms with Crippen molar-refractivity contribution < 1.29 is 9.53 Å². The Morgan fingerprint density at radius 3 is 2.58 bits per heavy atom. The molecule has 0 aliphatic carbocycles. The lowest BCUT2D eigenvalue weighted by Gasteiger charge is -2.20. The quantitative estimate of drug-likeness (QED) is 0.816. The van der Waals surface area contributed by atoms with Crippen molar-refractivity contribution in [3.05, 3.63) is 21.9 Å². The van der Waals surface area contributed by atoms with Crippen LogP contribution in [0.15, 0.2) is 12.1 Å². The van der Waals surface area contributed by atoms with Crippen LogP contribution in [0.25, 0.3) is 0 Å². The van der Waals surface area contributed by atoms with Crippen LogP contribution >= 0.6 is 11.3 Å². The molecule has 1 atom stereocenters. The van der Waals surface area contributed by atoms with E-state index in [1.807, 2.05) is 20.8 Å². The molecular weight excluding hydrogens is 260 g/mol. The van der Waals surface area contributed by atoms with Crippen LogP contribution in [-0.2, 0) is 4.74 Å². The van der Waals surface area contributed by atoms with Gasteiger partial charge >= 0.3 is 6.09 Å². The normalized spacial score (nSPS) is 13.1. The summed E-state index contributed by atoms with van der Waals surface area (Å²) in [5.41, 5.74) is -0.445. The van der Waals surface area contributed by atoms with Crippen molar-refractivity contribution in [3.63, 3.8) is 0 Å². The summed E-state index contributed by atoms with van der Waals surface area (Å²) < 4.78 is 5.16. The summed E-state index contributed by atoms with van der Waals surface area (Å²) in [4.78, 5) is 14.0. The number of hydrogen-bond acceptors (Lipinski definition) is 4. The highest BCUT2D eigenvalue weighted by molar-refractivity contribution is 7.12. The Kier molecular flexibility index (Phi) is 5.82. The highest BCUT2D eigenvalue weighted by atomic mass is 32.1.